The Morgan fingerprint density at radius 3 is 0.521 bits per heavy atom. The van der Waals surface area contributed by atoms with Crippen molar-refractivity contribution in [3.8, 4) is 57.5 Å². The standard InChI is InChI=1S/2C23H20O4.C23H20O2.3C14H10/c1-23(2,21-17-7-5-15(24)11-13(17)3-9-19(21)26)22-18-8-6-16(25)12-14(18)4-10-20(22)27;1-23(2,21-17-11-15(24)7-3-13(17)5-9-19(21)26)22-18-12-16(25)8-4-14(18)6-10-20(22)27;1-23(2,21-17-9-5-3-7-15(17)11-13-19(21)24)22-18-10-6-4-8-16(18)12-14-20(22)25;3*1-2-6-12-10-14-8-4-3-7-13(14)9-11(12)5-1/h2*3-12,24-27H,1-2H3;3-14,24-25H,1-2H3;3*1-10H. The van der Waals surface area contributed by atoms with Crippen molar-refractivity contribution in [2.45, 2.75) is 57.8 Å². The maximum Gasteiger partial charge on any atom is 0.120 e. The Kier molecular flexibility index (Phi) is 21.7. The van der Waals surface area contributed by atoms with Crippen LogP contribution in [0.3, 0.4) is 0 Å². The lowest BCUT2D eigenvalue weighted by Gasteiger charge is -2.30. The predicted octanol–water partition coefficient (Wildman–Crippen LogP) is 28.0. The van der Waals surface area contributed by atoms with Gasteiger partial charge in [-0.15, -0.1) is 0 Å². The molecule has 0 spiro atoms. The molecule has 21 aromatic carbocycles. The van der Waals surface area contributed by atoms with Gasteiger partial charge < -0.3 is 51.1 Å². The second-order valence-electron chi connectivity index (χ2n) is 32.3. The summed E-state index contributed by atoms with van der Waals surface area (Å²) in [6, 6.07) is 121. The van der Waals surface area contributed by atoms with Gasteiger partial charge in [0.2, 0.25) is 0 Å². The van der Waals surface area contributed by atoms with Gasteiger partial charge in [0.1, 0.15) is 57.5 Å². The van der Waals surface area contributed by atoms with E-state index in [1.165, 1.54) is 64.6 Å². The Morgan fingerprint density at radius 2 is 0.289 bits per heavy atom. The number of rotatable bonds is 6. The molecule has 10 heteroatoms. The van der Waals surface area contributed by atoms with E-state index >= 15 is 0 Å². The topological polar surface area (TPSA) is 202 Å². The molecule has 0 aliphatic heterocycles. The highest BCUT2D eigenvalue weighted by atomic mass is 16.3. The molecule has 0 radical (unpaired) electrons. The van der Waals surface area contributed by atoms with Crippen LogP contribution in [-0.4, -0.2) is 51.1 Å². The fourth-order valence-corrected chi connectivity index (χ4v) is 17.7. The largest absolute Gasteiger partial charge is 0.508 e. The predicted molar refractivity (Wildman–Crippen MR) is 501 cm³/mol. The Morgan fingerprint density at radius 1 is 0.132 bits per heavy atom. The van der Waals surface area contributed by atoms with Crippen LogP contribution in [0.25, 0.3) is 129 Å². The molecule has 0 saturated carbocycles. The molecule has 0 aliphatic carbocycles. The summed E-state index contributed by atoms with van der Waals surface area (Å²) >= 11 is 0. The molecule has 0 amide bonds. The molecular weight excluding hydrogens is 1490 g/mol. The Labute approximate surface area is 700 Å². The minimum atomic E-state index is -0.811. The third kappa shape index (κ3) is 16.0. The number of fused-ring (bicyclic) bond motifs is 12. The first-order chi connectivity index (χ1) is 58.4. The van der Waals surface area contributed by atoms with Gasteiger partial charge in [-0.3, -0.25) is 0 Å². The van der Waals surface area contributed by atoms with Crippen LogP contribution in [0.15, 0.2) is 376 Å². The molecule has 0 atom stereocenters. The number of phenols is 10. The Balaban J connectivity index is 0.000000110. The third-order valence-corrected chi connectivity index (χ3v) is 23.3. The minimum Gasteiger partial charge on any atom is -0.508 e. The second-order valence-corrected chi connectivity index (χ2v) is 32.3. The zero-order valence-electron chi connectivity index (χ0n) is 67.8. The van der Waals surface area contributed by atoms with Crippen LogP contribution in [0.2, 0.25) is 0 Å². The molecule has 0 fully saturated rings. The number of hydrogen-bond donors (Lipinski definition) is 10. The maximum absolute atomic E-state index is 10.7. The summed E-state index contributed by atoms with van der Waals surface area (Å²) in [5, 5.41) is 130. The fraction of sp³-hybridized carbons (Fsp3) is 0.0811. The van der Waals surface area contributed by atoms with Crippen molar-refractivity contribution in [1.29, 1.82) is 0 Å². The van der Waals surface area contributed by atoms with Gasteiger partial charge in [-0.1, -0.05) is 296 Å². The van der Waals surface area contributed by atoms with Gasteiger partial charge in [-0.05, 0) is 251 Å². The average molecular weight is 1580 g/mol. The van der Waals surface area contributed by atoms with Gasteiger partial charge in [0.25, 0.3) is 0 Å². The number of hydrogen-bond acceptors (Lipinski definition) is 10. The van der Waals surface area contributed by atoms with E-state index in [4.69, 9.17) is 0 Å². The fourth-order valence-electron chi connectivity index (χ4n) is 17.7. The van der Waals surface area contributed by atoms with Crippen molar-refractivity contribution in [1.82, 2.24) is 0 Å². The quantitative estimate of drug-likeness (QED) is 0.0714. The Hall–Kier alpha value is -15.3. The molecule has 10 N–H and O–H groups in total. The Bertz CT molecular complexity index is 6670. The van der Waals surface area contributed by atoms with Crippen molar-refractivity contribution in [2.24, 2.45) is 0 Å². The SMILES string of the molecule is CC(C)(c1c(O)ccc2cc(O)ccc12)c1c(O)ccc2cc(O)ccc12.CC(C)(c1c(O)ccc2ccc(O)cc12)c1c(O)ccc2ccc(O)cc12.CC(C)(c1c(O)ccc2ccccc12)c1c(O)ccc2ccccc12.c1ccc2cc3ccccc3cc2c1.c1ccc2cc3ccccc3cc2c1.c1ccc2cc3ccccc3cc2c1. The smallest absolute Gasteiger partial charge is 0.120 e. The lowest BCUT2D eigenvalue weighted by molar-refractivity contribution is 0.437. The summed E-state index contributed by atoms with van der Waals surface area (Å²) in [6.45, 7) is 11.8. The number of aromatic hydroxyl groups is 10. The van der Waals surface area contributed by atoms with Crippen LogP contribution in [0, 0.1) is 0 Å². The number of phenolic OH excluding ortho intramolecular Hbond substituents is 10. The molecule has 0 heterocycles. The van der Waals surface area contributed by atoms with Gasteiger partial charge in [0.05, 0.1) is 0 Å². The first-order valence-corrected chi connectivity index (χ1v) is 40.2. The lowest BCUT2D eigenvalue weighted by Crippen LogP contribution is -2.20. The van der Waals surface area contributed by atoms with Crippen LogP contribution in [0.5, 0.6) is 57.5 Å². The van der Waals surface area contributed by atoms with Crippen molar-refractivity contribution in [2.75, 3.05) is 0 Å². The molecule has 0 bridgehead atoms. The second kappa shape index (κ2) is 33.0. The molecule has 0 unspecified atom stereocenters. The van der Waals surface area contributed by atoms with E-state index in [0.717, 1.165) is 65.0 Å². The normalized spacial score (nSPS) is 11.6. The molecule has 10 nitrogen and oxygen atoms in total. The summed E-state index contributed by atoms with van der Waals surface area (Å²) in [4.78, 5) is 0. The summed E-state index contributed by atoms with van der Waals surface area (Å²) in [5.41, 5.74) is 2.05. The van der Waals surface area contributed by atoms with Crippen LogP contribution < -0.4 is 0 Å². The van der Waals surface area contributed by atoms with Crippen molar-refractivity contribution in [3.63, 3.8) is 0 Å². The van der Waals surface area contributed by atoms with Gasteiger partial charge in [-0.25, -0.2) is 0 Å². The van der Waals surface area contributed by atoms with Crippen LogP contribution in [-0.2, 0) is 16.2 Å². The van der Waals surface area contributed by atoms with Crippen molar-refractivity contribution in [3.05, 3.63) is 409 Å². The molecule has 21 rings (SSSR count). The first-order valence-electron chi connectivity index (χ1n) is 40.2. The van der Waals surface area contributed by atoms with E-state index < -0.39 is 16.2 Å². The molecule has 0 saturated heterocycles. The molecule has 594 valence electrons. The highest BCUT2D eigenvalue weighted by Crippen LogP contribution is 2.51. The van der Waals surface area contributed by atoms with E-state index in [1.807, 2.05) is 88.4 Å². The van der Waals surface area contributed by atoms with Crippen LogP contribution >= 0.6 is 0 Å². The molecular formula is C111H90O10. The summed E-state index contributed by atoms with van der Waals surface area (Å²) < 4.78 is 0. The zero-order chi connectivity index (χ0) is 84.4. The van der Waals surface area contributed by atoms with Gasteiger partial charge >= 0.3 is 0 Å². The first kappa shape index (κ1) is 79.6. The molecule has 0 aromatic heterocycles. The molecule has 0 aliphatic rings. The monoisotopic (exact) mass is 1580 g/mol. The van der Waals surface area contributed by atoms with E-state index in [1.54, 1.807) is 133 Å². The van der Waals surface area contributed by atoms with Crippen molar-refractivity contribution < 1.29 is 51.1 Å². The maximum atomic E-state index is 10.7. The van der Waals surface area contributed by atoms with E-state index in [2.05, 4.69) is 196 Å². The number of benzene rings is 21. The van der Waals surface area contributed by atoms with Gasteiger partial charge in [-0.2, -0.15) is 0 Å². The van der Waals surface area contributed by atoms with Crippen molar-refractivity contribution >= 4 is 129 Å². The lowest BCUT2D eigenvalue weighted by atomic mass is 9.73. The van der Waals surface area contributed by atoms with E-state index in [9.17, 15) is 51.1 Å². The zero-order valence-corrected chi connectivity index (χ0v) is 67.8. The summed E-state index contributed by atoms with van der Waals surface area (Å²) in [6.07, 6.45) is 0. The van der Waals surface area contributed by atoms with Gasteiger partial charge in [0, 0.05) is 49.6 Å². The highest BCUT2D eigenvalue weighted by molar-refractivity contribution is 6.03. The van der Waals surface area contributed by atoms with Crippen LogP contribution in [0.1, 0.15) is 74.9 Å². The third-order valence-electron chi connectivity index (χ3n) is 23.3. The van der Waals surface area contributed by atoms with E-state index in [-0.39, 0.29) is 57.5 Å². The highest BCUT2D eigenvalue weighted by Gasteiger charge is 2.36. The van der Waals surface area contributed by atoms with Crippen LogP contribution in [0.4, 0.5) is 0 Å². The molecule has 121 heavy (non-hydrogen) atoms. The minimum absolute atomic E-state index is 0.0784. The average Bonchev–Trinajstić information content (AvgIpc) is 0.745. The summed E-state index contributed by atoms with van der Waals surface area (Å²) in [7, 11) is 0. The summed E-state index contributed by atoms with van der Waals surface area (Å²) in [5.74, 6) is 1.40. The van der Waals surface area contributed by atoms with Gasteiger partial charge in [0.15, 0.2) is 0 Å². The van der Waals surface area contributed by atoms with E-state index in [0.29, 0.717) is 33.0 Å². The molecule has 21 aromatic rings.